The van der Waals surface area contributed by atoms with Crippen molar-refractivity contribution in [3.63, 3.8) is 0 Å². The van der Waals surface area contributed by atoms with Gasteiger partial charge < -0.3 is 9.64 Å². The average molecular weight is 278 g/mol. The lowest BCUT2D eigenvalue weighted by atomic mass is 10.1. The summed E-state index contributed by atoms with van der Waals surface area (Å²) >= 11 is 0. The number of carbonyl (C=O) groups is 1. The molecule has 104 valence electrons. The van der Waals surface area contributed by atoms with Gasteiger partial charge in [0.2, 0.25) is 0 Å². The molecule has 1 heterocycles. The molecule has 4 nitrogen and oxygen atoms in total. The maximum Gasteiger partial charge on any atom is 0.337 e. The predicted octanol–water partition coefficient (Wildman–Crippen LogP) is 3.04. The first-order chi connectivity index (χ1) is 10.2. The molecule has 0 unspecified atom stereocenters. The van der Waals surface area contributed by atoms with Gasteiger partial charge in [-0.05, 0) is 54.4 Å². The summed E-state index contributed by atoms with van der Waals surface area (Å²) < 4.78 is 4.75. The van der Waals surface area contributed by atoms with E-state index in [0.717, 1.165) is 29.9 Å². The van der Waals surface area contributed by atoms with Gasteiger partial charge in [-0.1, -0.05) is 0 Å². The third-order valence-electron chi connectivity index (χ3n) is 3.70. The molecular weight excluding hydrogens is 264 g/mol. The van der Waals surface area contributed by atoms with Crippen LogP contribution in [-0.4, -0.2) is 19.6 Å². The highest BCUT2D eigenvalue weighted by Crippen LogP contribution is 2.35. The summed E-state index contributed by atoms with van der Waals surface area (Å²) in [4.78, 5) is 13.8. The van der Waals surface area contributed by atoms with Gasteiger partial charge in [0.1, 0.15) is 0 Å². The first-order valence-electron chi connectivity index (χ1n) is 6.72. The molecule has 0 saturated heterocycles. The number of anilines is 2. The molecule has 0 amide bonds. The highest BCUT2D eigenvalue weighted by molar-refractivity contribution is 5.90. The van der Waals surface area contributed by atoms with Gasteiger partial charge in [0, 0.05) is 17.9 Å². The van der Waals surface area contributed by atoms with Crippen molar-refractivity contribution >= 4 is 17.3 Å². The van der Waals surface area contributed by atoms with Gasteiger partial charge in [0.15, 0.2) is 0 Å². The quantitative estimate of drug-likeness (QED) is 0.792. The molecule has 0 saturated carbocycles. The van der Waals surface area contributed by atoms with Crippen LogP contribution in [0.5, 0.6) is 0 Å². The van der Waals surface area contributed by atoms with E-state index in [-0.39, 0.29) is 5.97 Å². The standard InChI is InChI=1S/C17H14N2O2/c1-21-17(20)14-4-7-16-13(10-14)8-9-19(16)15-5-2-12(11-18)3-6-15/h2-7,10H,8-9H2,1H3. The van der Waals surface area contributed by atoms with Crippen molar-refractivity contribution in [3.05, 3.63) is 59.2 Å². The number of methoxy groups -OCH3 is 1. The Bertz CT molecular complexity index is 729. The van der Waals surface area contributed by atoms with Crippen LogP contribution in [0.1, 0.15) is 21.5 Å². The largest absolute Gasteiger partial charge is 0.465 e. The minimum absolute atomic E-state index is 0.311. The van der Waals surface area contributed by atoms with E-state index in [0.29, 0.717) is 11.1 Å². The van der Waals surface area contributed by atoms with Gasteiger partial charge in [0.25, 0.3) is 0 Å². The fourth-order valence-corrected chi connectivity index (χ4v) is 2.63. The van der Waals surface area contributed by atoms with E-state index in [1.165, 1.54) is 7.11 Å². The minimum atomic E-state index is -0.311. The van der Waals surface area contributed by atoms with E-state index in [9.17, 15) is 4.79 Å². The Morgan fingerprint density at radius 1 is 1.24 bits per heavy atom. The third kappa shape index (κ3) is 2.34. The van der Waals surface area contributed by atoms with E-state index in [1.54, 1.807) is 6.07 Å². The van der Waals surface area contributed by atoms with E-state index in [4.69, 9.17) is 10.00 Å². The van der Waals surface area contributed by atoms with Crippen molar-refractivity contribution in [3.8, 4) is 6.07 Å². The zero-order chi connectivity index (χ0) is 14.8. The highest BCUT2D eigenvalue weighted by atomic mass is 16.5. The van der Waals surface area contributed by atoms with Gasteiger partial charge in [-0.2, -0.15) is 5.26 Å². The monoisotopic (exact) mass is 278 g/mol. The van der Waals surface area contributed by atoms with Crippen molar-refractivity contribution < 1.29 is 9.53 Å². The number of esters is 1. The van der Waals surface area contributed by atoms with Crippen molar-refractivity contribution in [2.45, 2.75) is 6.42 Å². The third-order valence-corrected chi connectivity index (χ3v) is 3.70. The Morgan fingerprint density at radius 3 is 2.67 bits per heavy atom. The summed E-state index contributed by atoms with van der Waals surface area (Å²) in [6.45, 7) is 0.867. The second-order valence-electron chi connectivity index (χ2n) is 4.90. The SMILES string of the molecule is COC(=O)c1ccc2c(c1)CCN2c1ccc(C#N)cc1. The van der Waals surface area contributed by atoms with E-state index < -0.39 is 0 Å². The molecule has 0 atom stereocenters. The summed E-state index contributed by atoms with van der Waals surface area (Å²) in [7, 11) is 1.39. The number of nitriles is 1. The van der Waals surface area contributed by atoms with Crippen LogP contribution < -0.4 is 4.90 Å². The number of rotatable bonds is 2. The van der Waals surface area contributed by atoms with Crippen molar-refractivity contribution in [1.29, 1.82) is 5.26 Å². The van der Waals surface area contributed by atoms with Crippen LogP contribution in [0.3, 0.4) is 0 Å². The summed E-state index contributed by atoms with van der Waals surface area (Å²) in [6.07, 6.45) is 0.889. The second-order valence-corrected chi connectivity index (χ2v) is 4.90. The first kappa shape index (κ1) is 13.2. The lowest BCUT2D eigenvalue weighted by molar-refractivity contribution is 0.0600. The Labute approximate surface area is 123 Å². The smallest absolute Gasteiger partial charge is 0.337 e. The average Bonchev–Trinajstić information content (AvgIpc) is 2.97. The molecule has 0 radical (unpaired) electrons. The second kappa shape index (κ2) is 5.29. The van der Waals surface area contributed by atoms with Crippen LogP contribution in [0.4, 0.5) is 11.4 Å². The number of carbonyl (C=O) groups excluding carboxylic acids is 1. The number of benzene rings is 2. The zero-order valence-corrected chi connectivity index (χ0v) is 11.7. The van der Waals surface area contributed by atoms with Crippen LogP contribution in [0.25, 0.3) is 0 Å². The van der Waals surface area contributed by atoms with Gasteiger partial charge in [0.05, 0.1) is 24.3 Å². The number of hydrogen-bond donors (Lipinski definition) is 0. The maximum absolute atomic E-state index is 11.6. The highest BCUT2D eigenvalue weighted by Gasteiger charge is 2.21. The fraction of sp³-hybridized carbons (Fsp3) is 0.176. The van der Waals surface area contributed by atoms with Gasteiger partial charge in [-0.3, -0.25) is 0 Å². The Kier molecular flexibility index (Phi) is 3.33. The Morgan fingerprint density at radius 2 is 2.00 bits per heavy atom. The van der Waals surface area contributed by atoms with Gasteiger partial charge >= 0.3 is 5.97 Å². The van der Waals surface area contributed by atoms with Crippen molar-refractivity contribution in [1.82, 2.24) is 0 Å². The molecule has 0 bridgehead atoms. The summed E-state index contributed by atoms with van der Waals surface area (Å²) in [5.74, 6) is -0.311. The maximum atomic E-state index is 11.6. The molecule has 0 fully saturated rings. The van der Waals surface area contributed by atoms with Crippen LogP contribution in [0.15, 0.2) is 42.5 Å². The molecule has 0 aliphatic carbocycles. The molecule has 0 spiro atoms. The first-order valence-corrected chi connectivity index (χ1v) is 6.72. The normalized spacial score (nSPS) is 12.7. The van der Waals surface area contributed by atoms with Crippen molar-refractivity contribution in [2.75, 3.05) is 18.6 Å². The Balaban J connectivity index is 1.93. The van der Waals surface area contributed by atoms with Crippen LogP contribution in [0, 0.1) is 11.3 Å². The van der Waals surface area contributed by atoms with E-state index in [2.05, 4.69) is 11.0 Å². The molecule has 0 N–H and O–H groups in total. The van der Waals surface area contributed by atoms with E-state index in [1.807, 2.05) is 36.4 Å². The summed E-state index contributed by atoms with van der Waals surface area (Å²) in [5.41, 5.74) is 4.53. The molecule has 4 heteroatoms. The zero-order valence-electron chi connectivity index (χ0n) is 11.7. The lowest BCUT2D eigenvalue weighted by Crippen LogP contribution is -2.13. The molecule has 3 rings (SSSR count). The number of hydrogen-bond acceptors (Lipinski definition) is 4. The van der Waals surface area contributed by atoms with E-state index >= 15 is 0 Å². The molecular formula is C17H14N2O2. The number of fused-ring (bicyclic) bond motifs is 1. The topological polar surface area (TPSA) is 53.3 Å². The van der Waals surface area contributed by atoms with Crippen LogP contribution >= 0.6 is 0 Å². The fourth-order valence-electron chi connectivity index (χ4n) is 2.63. The van der Waals surface area contributed by atoms with Crippen LogP contribution in [-0.2, 0) is 11.2 Å². The summed E-state index contributed by atoms with van der Waals surface area (Å²) in [6, 6.07) is 15.3. The summed E-state index contributed by atoms with van der Waals surface area (Å²) in [5, 5.41) is 8.85. The van der Waals surface area contributed by atoms with Crippen LogP contribution in [0.2, 0.25) is 0 Å². The van der Waals surface area contributed by atoms with Crippen molar-refractivity contribution in [2.24, 2.45) is 0 Å². The molecule has 1 aliphatic heterocycles. The predicted molar refractivity (Wildman–Crippen MR) is 79.6 cm³/mol. The minimum Gasteiger partial charge on any atom is -0.465 e. The molecule has 1 aliphatic rings. The Hall–Kier alpha value is -2.80. The van der Waals surface area contributed by atoms with Gasteiger partial charge in [-0.25, -0.2) is 4.79 Å². The lowest BCUT2D eigenvalue weighted by Gasteiger charge is -2.19. The van der Waals surface area contributed by atoms with Gasteiger partial charge in [-0.15, -0.1) is 0 Å². The number of nitrogens with zero attached hydrogens (tertiary/aromatic N) is 2. The molecule has 2 aromatic rings. The molecule has 0 aromatic heterocycles. The molecule has 21 heavy (non-hydrogen) atoms. The number of ether oxygens (including phenoxy) is 1. The molecule has 2 aromatic carbocycles.